The minimum absolute atomic E-state index is 0.0683. The monoisotopic (exact) mass is 240 g/mol. The summed E-state index contributed by atoms with van der Waals surface area (Å²) < 4.78 is 4.87. The number of rotatable bonds is 3. The Morgan fingerprint density at radius 2 is 2.06 bits per heavy atom. The predicted octanol–water partition coefficient (Wildman–Crippen LogP) is 0.339. The first kappa shape index (κ1) is 12.4. The van der Waals surface area contributed by atoms with Crippen molar-refractivity contribution in [2.75, 3.05) is 6.61 Å². The van der Waals surface area contributed by atoms with E-state index in [-0.39, 0.29) is 24.3 Å². The van der Waals surface area contributed by atoms with Crippen LogP contribution >= 0.6 is 0 Å². The van der Waals surface area contributed by atoms with Crippen molar-refractivity contribution >= 4 is 11.9 Å². The lowest BCUT2D eigenvalue weighted by Gasteiger charge is -2.40. The highest BCUT2D eigenvalue weighted by atomic mass is 16.5. The zero-order valence-electron chi connectivity index (χ0n) is 10.2. The lowest BCUT2D eigenvalue weighted by molar-refractivity contribution is -0.146. The number of piperazine rings is 1. The fourth-order valence-electron chi connectivity index (χ4n) is 2.66. The van der Waals surface area contributed by atoms with Gasteiger partial charge in [0, 0.05) is 12.1 Å². The van der Waals surface area contributed by atoms with Crippen LogP contribution in [0.5, 0.6) is 0 Å². The predicted molar refractivity (Wildman–Crippen MR) is 62.4 cm³/mol. The van der Waals surface area contributed by atoms with E-state index in [1.165, 1.54) is 12.8 Å². The molecule has 5 heteroatoms. The summed E-state index contributed by atoms with van der Waals surface area (Å²) >= 11 is 0. The molecule has 1 saturated carbocycles. The molecule has 0 spiro atoms. The van der Waals surface area contributed by atoms with Gasteiger partial charge in [-0.1, -0.05) is 12.8 Å². The maximum absolute atomic E-state index is 11.8. The molecule has 0 aromatic heterocycles. The average molecular weight is 240 g/mol. The summed E-state index contributed by atoms with van der Waals surface area (Å²) in [6.45, 7) is 2.13. The molecular weight excluding hydrogens is 220 g/mol. The standard InChI is InChI=1S/C12H20N2O3/c1-2-17-11(15)7-10-12(16)14-9-6-4-3-5-8(9)13-10/h8-10,13H,2-7H2,1H3,(H,14,16)/t8-,9-,10+/m0/s1. The number of ether oxygens (including phenoxy) is 1. The van der Waals surface area contributed by atoms with Gasteiger partial charge < -0.3 is 15.4 Å². The molecule has 17 heavy (non-hydrogen) atoms. The Bertz CT molecular complexity index is 306. The van der Waals surface area contributed by atoms with Crippen LogP contribution in [0.1, 0.15) is 39.0 Å². The van der Waals surface area contributed by atoms with Gasteiger partial charge in [-0.25, -0.2) is 0 Å². The molecule has 3 atom stereocenters. The third-order valence-electron chi connectivity index (χ3n) is 3.50. The summed E-state index contributed by atoms with van der Waals surface area (Å²) in [6, 6.07) is 0.143. The number of esters is 1. The molecule has 0 aromatic rings. The van der Waals surface area contributed by atoms with Crippen LogP contribution in [0.25, 0.3) is 0 Å². The van der Waals surface area contributed by atoms with E-state index in [0.29, 0.717) is 12.6 Å². The zero-order chi connectivity index (χ0) is 12.3. The average Bonchev–Trinajstić information content (AvgIpc) is 2.30. The Balaban J connectivity index is 1.90. The number of carbonyl (C=O) groups excluding carboxylic acids is 2. The summed E-state index contributed by atoms with van der Waals surface area (Å²) in [4.78, 5) is 23.2. The van der Waals surface area contributed by atoms with Gasteiger partial charge in [-0.2, -0.15) is 0 Å². The van der Waals surface area contributed by atoms with Gasteiger partial charge >= 0.3 is 5.97 Å². The highest BCUT2D eigenvalue weighted by molar-refractivity contribution is 5.87. The molecule has 2 N–H and O–H groups in total. The van der Waals surface area contributed by atoms with Crippen molar-refractivity contribution in [2.24, 2.45) is 0 Å². The van der Waals surface area contributed by atoms with Crippen LogP contribution in [0.15, 0.2) is 0 Å². The van der Waals surface area contributed by atoms with E-state index < -0.39 is 6.04 Å². The minimum atomic E-state index is -0.423. The van der Waals surface area contributed by atoms with E-state index in [1.54, 1.807) is 6.92 Å². The lowest BCUT2D eigenvalue weighted by Crippen LogP contribution is -2.65. The first-order chi connectivity index (χ1) is 8.20. The molecule has 1 saturated heterocycles. The molecule has 1 aliphatic heterocycles. The van der Waals surface area contributed by atoms with Crippen LogP contribution in [-0.4, -0.2) is 36.6 Å². The Labute approximate surface area is 101 Å². The van der Waals surface area contributed by atoms with Crippen LogP contribution in [0.3, 0.4) is 0 Å². The number of amides is 1. The summed E-state index contributed by atoms with van der Waals surface area (Å²) in [5.41, 5.74) is 0. The highest BCUT2D eigenvalue weighted by Crippen LogP contribution is 2.22. The molecule has 1 aliphatic carbocycles. The SMILES string of the molecule is CCOC(=O)C[C@H]1N[C@H]2CCCC[C@@H]2NC1=O. The van der Waals surface area contributed by atoms with Gasteiger partial charge in [0.2, 0.25) is 5.91 Å². The number of hydrogen-bond donors (Lipinski definition) is 2. The van der Waals surface area contributed by atoms with Gasteiger partial charge in [0.25, 0.3) is 0 Å². The van der Waals surface area contributed by atoms with Gasteiger partial charge in [-0.05, 0) is 19.8 Å². The normalized spacial score (nSPS) is 32.5. The fraction of sp³-hybridized carbons (Fsp3) is 0.833. The quantitative estimate of drug-likeness (QED) is 0.698. The van der Waals surface area contributed by atoms with Crippen molar-refractivity contribution in [3.63, 3.8) is 0 Å². The van der Waals surface area contributed by atoms with Gasteiger partial charge in [-0.3, -0.25) is 9.59 Å². The highest BCUT2D eigenvalue weighted by Gasteiger charge is 2.37. The molecule has 0 aromatic carbocycles. The zero-order valence-corrected chi connectivity index (χ0v) is 10.2. The van der Waals surface area contributed by atoms with Crippen LogP contribution in [0, 0.1) is 0 Å². The van der Waals surface area contributed by atoms with E-state index in [9.17, 15) is 9.59 Å². The van der Waals surface area contributed by atoms with Crippen molar-refractivity contribution in [1.29, 1.82) is 0 Å². The summed E-state index contributed by atoms with van der Waals surface area (Å²) in [5, 5.41) is 6.29. The smallest absolute Gasteiger partial charge is 0.307 e. The molecule has 2 rings (SSSR count). The third kappa shape index (κ3) is 2.97. The molecule has 5 nitrogen and oxygen atoms in total. The van der Waals surface area contributed by atoms with Crippen molar-refractivity contribution < 1.29 is 14.3 Å². The maximum Gasteiger partial charge on any atom is 0.307 e. The molecule has 0 unspecified atom stereocenters. The maximum atomic E-state index is 11.8. The number of fused-ring (bicyclic) bond motifs is 1. The first-order valence-corrected chi connectivity index (χ1v) is 6.42. The lowest BCUT2D eigenvalue weighted by atomic mass is 9.87. The molecule has 0 bridgehead atoms. The van der Waals surface area contributed by atoms with E-state index in [1.807, 2.05) is 0 Å². The summed E-state index contributed by atoms with van der Waals surface area (Å²) in [7, 11) is 0. The van der Waals surface area contributed by atoms with E-state index in [2.05, 4.69) is 10.6 Å². The molecular formula is C12H20N2O3. The van der Waals surface area contributed by atoms with E-state index >= 15 is 0 Å². The second-order valence-corrected chi connectivity index (χ2v) is 4.73. The van der Waals surface area contributed by atoms with Gasteiger partial charge in [0.1, 0.15) is 0 Å². The Morgan fingerprint density at radius 3 is 2.76 bits per heavy atom. The number of carbonyl (C=O) groups is 2. The third-order valence-corrected chi connectivity index (χ3v) is 3.50. The van der Waals surface area contributed by atoms with Crippen molar-refractivity contribution in [2.45, 2.75) is 57.2 Å². The van der Waals surface area contributed by atoms with Crippen molar-refractivity contribution in [1.82, 2.24) is 10.6 Å². The Kier molecular flexibility index (Phi) is 3.99. The van der Waals surface area contributed by atoms with Gasteiger partial charge in [0.05, 0.1) is 19.1 Å². The fourth-order valence-corrected chi connectivity index (χ4v) is 2.66. The van der Waals surface area contributed by atoms with Crippen LogP contribution in [-0.2, 0) is 14.3 Å². The molecule has 1 heterocycles. The number of nitrogens with one attached hydrogen (secondary N) is 2. The van der Waals surface area contributed by atoms with E-state index in [0.717, 1.165) is 12.8 Å². The van der Waals surface area contributed by atoms with Crippen LogP contribution < -0.4 is 10.6 Å². The topological polar surface area (TPSA) is 67.4 Å². The molecule has 2 aliphatic rings. The van der Waals surface area contributed by atoms with Crippen molar-refractivity contribution in [3.05, 3.63) is 0 Å². The largest absolute Gasteiger partial charge is 0.466 e. The Hall–Kier alpha value is -1.10. The molecule has 96 valence electrons. The van der Waals surface area contributed by atoms with Gasteiger partial charge in [-0.15, -0.1) is 0 Å². The molecule has 2 fully saturated rings. The second kappa shape index (κ2) is 5.49. The molecule has 1 amide bonds. The van der Waals surface area contributed by atoms with Crippen molar-refractivity contribution in [3.8, 4) is 0 Å². The van der Waals surface area contributed by atoms with E-state index in [4.69, 9.17) is 4.74 Å². The summed E-state index contributed by atoms with van der Waals surface area (Å²) in [5.74, 6) is -0.379. The van der Waals surface area contributed by atoms with Crippen LogP contribution in [0.4, 0.5) is 0 Å². The number of hydrogen-bond acceptors (Lipinski definition) is 4. The van der Waals surface area contributed by atoms with Gasteiger partial charge in [0.15, 0.2) is 0 Å². The van der Waals surface area contributed by atoms with Crippen LogP contribution in [0.2, 0.25) is 0 Å². The second-order valence-electron chi connectivity index (χ2n) is 4.73. The Morgan fingerprint density at radius 1 is 1.35 bits per heavy atom. The minimum Gasteiger partial charge on any atom is -0.466 e. The first-order valence-electron chi connectivity index (χ1n) is 6.42. The molecule has 0 radical (unpaired) electrons. The summed E-state index contributed by atoms with van der Waals surface area (Å²) in [6.07, 6.45) is 4.60.